The highest BCUT2D eigenvalue weighted by atomic mass is 16.5. The lowest BCUT2D eigenvalue weighted by molar-refractivity contribution is -0.137. The Bertz CT molecular complexity index is 410. The van der Waals surface area contributed by atoms with Crippen LogP contribution in [0.2, 0.25) is 0 Å². The molecule has 0 aliphatic heterocycles. The van der Waals surface area contributed by atoms with E-state index in [0.717, 1.165) is 0 Å². The smallest absolute Gasteiger partial charge is 0.349 e. The first kappa shape index (κ1) is 10.8. The van der Waals surface area contributed by atoms with Crippen molar-refractivity contribution in [2.24, 2.45) is 0 Å². The molecule has 4 heteroatoms. The molecule has 0 atom stereocenters. The Morgan fingerprint density at radius 3 is 3.07 bits per heavy atom. The molecule has 0 unspecified atom stereocenters. The van der Waals surface area contributed by atoms with E-state index in [4.69, 9.17) is 14.4 Å². The third-order valence-corrected chi connectivity index (χ3v) is 1.50. The highest BCUT2D eigenvalue weighted by Crippen LogP contribution is 2.08. The van der Waals surface area contributed by atoms with Gasteiger partial charge in [0.2, 0.25) is 0 Å². The number of carbonyl (C=O) groups excluding carboxylic acids is 1. The van der Waals surface area contributed by atoms with E-state index in [9.17, 15) is 4.79 Å². The number of ether oxygens (including phenoxy) is 1. The lowest BCUT2D eigenvalue weighted by atomic mass is 10.2. The number of nitrogens with zero attached hydrogens (tertiary/aromatic N) is 1. The van der Waals surface area contributed by atoms with Crippen LogP contribution in [-0.4, -0.2) is 12.6 Å². The maximum absolute atomic E-state index is 11.3. The van der Waals surface area contributed by atoms with Gasteiger partial charge in [-0.25, -0.2) is 4.79 Å². The second-order valence-corrected chi connectivity index (χ2v) is 2.57. The minimum absolute atomic E-state index is 0.0794. The fourth-order valence-electron chi connectivity index (χ4n) is 0.865. The van der Waals surface area contributed by atoms with Crippen LogP contribution < -0.4 is 0 Å². The van der Waals surface area contributed by atoms with Crippen LogP contribution in [0.4, 0.5) is 0 Å². The molecular weight excluding hydrogens is 194 g/mol. The summed E-state index contributed by atoms with van der Waals surface area (Å²) in [6, 6.07) is 5.04. The van der Waals surface area contributed by atoms with Crippen molar-refractivity contribution >= 4 is 12.0 Å². The summed E-state index contributed by atoms with van der Waals surface area (Å²) in [6.45, 7) is 3.47. The van der Waals surface area contributed by atoms with Gasteiger partial charge < -0.3 is 9.15 Å². The SMILES string of the molecule is C=CCOC(=O)C(C#N)=Cc1ccco1. The maximum atomic E-state index is 11.3. The quantitative estimate of drug-likeness (QED) is 0.324. The summed E-state index contributed by atoms with van der Waals surface area (Å²) in [4.78, 5) is 11.3. The van der Waals surface area contributed by atoms with E-state index in [1.165, 1.54) is 18.4 Å². The van der Waals surface area contributed by atoms with Gasteiger partial charge in [-0.05, 0) is 12.1 Å². The van der Waals surface area contributed by atoms with Gasteiger partial charge in [0.15, 0.2) is 0 Å². The standard InChI is InChI=1S/C11H9NO3/c1-2-5-15-11(13)9(8-12)7-10-4-3-6-14-10/h2-4,6-7H,1,5H2. The second kappa shape index (κ2) is 5.45. The number of rotatable bonds is 4. The van der Waals surface area contributed by atoms with Crippen LogP contribution in [0.25, 0.3) is 6.08 Å². The molecule has 0 aliphatic rings. The lowest BCUT2D eigenvalue weighted by Crippen LogP contribution is -2.06. The van der Waals surface area contributed by atoms with Crippen LogP contribution in [0.1, 0.15) is 5.76 Å². The fraction of sp³-hybridized carbons (Fsp3) is 0.0909. The van der Waals surface area contributed by atoms with Crippen LogP contribution in [-0.2, 0) is 9.53 Å². The molecule has 0 aliphatic carbocycles. The minimum Gasteiger partial charge on any atom is -0.465 e. The normalized spacial score (nSPS) is 10.5. The van der Waals surface area contributed by atoms with E-state index in [2.05, 4.69) is 6.58 Å². The molecule has 0 amide bonds. The summed E-state index contributed by atoms with van der Waals surface area (Å²) in [5.41, 5.74) is -0.105. The molecule has 0 bridgehead atoms. The average Bonchev–Trinajstić information content (AvgIpc) is 2.75. The lowest BCUT2D eigenvalue weighted by Gasteiger charge is -1.98. The number of furan rings is 1. The molecule has 1 aromatic heterocycles. The Labute approximate surface area is 87.1 Å². The van der Waals surface area contributed by atoms with Crippen LogP contribution in [0, 0.1) is 11.3 Å². The molecule has 76 valence electrons. The Kier molecular flexibility index (Phi) is 3.92. The van der Waals surface area contributed by atoms with Gasteiger partial charge in [0.1, 0.15) is 24.0 Å². The zero-order valence-electron chi connectivity index (χ0n) is 7.97. The first-order chi connectivity index (χ1) is 7.27. The van der Waals surface area contributed by atoms with Crippen molar-refractivity contribution in [3.8, 4) is 6.07 Å². The van der Waals surface area contributed by atoms with Crippen LogP contribution in [0.5, 0.6) is 0 Å². The topological polar surface area (TPSA) is 63.2 Å². The summed E-state index contributed by atoms with van der Waals surface area (Å²) >= 11 is 0. The van der Waals surface area contributed by atoms with Gasteiger partial charge in [0.25, 0.3) is 0 Å². The van der Waals surface area contributed by atoms with Gasteiger partial charge in [0.05, 0.1) is 6.26 Å². The van der Waals surface area contributed by atoms with Crippen molar-refractivity contribution in [2.45, 2.75) is 0 Å². The van der Waals surface area contributed by atoms with E-state index >= 15 is 0 Å². The first-order valence-electron chi connectivity index (χ1n) is 4.21. The summed E-state index contributed by atoms with van der Waals surface area (Å²) in [7, 11) is 0. The number of esters is 1. The second-order valence-electron chi connectivity index (χ2n) is 2.57. The molecule has 0 saturated heterocycles. The van der Waals surface area contributed by atoms with E-state index < -0.39 is 5.97 Å². The average molecular weight is 203 g/mol. The zero-order valence-corrected chi connectivity index (χ0v) is 7.97. The molecule has 1 heterocycles. The largest absolute Gasteiger partial charge is 0.465 e. The summed E-state index contributed by atoms with van der Waals surface area (Å²) < 4.78 is 9.67. The van der Waals surface area contributed by atoms with Crippen molar-refractivity contribution in [3.63, 3.8) is 0 Å². The zero-order chi connectivity index (χ0) is 11.1. The fourth-order valence-corrected chi connectivity index (χ4v) is 0.865. The van der Waals surface area contributed by atoms with Gasteiger partial charge in [-0.3, -0.25) is 0 Å². The third kappa shape index (κ3) is 3.16. The highest BCUT2D eigenvalue weighted by Gasteiger charge is 2.10. The maximum Gasteiger partial charge on any atom is 0.349 e. The predicted octanol–water partition coefficient (Wildman–Crippen LogP) is 1.92. The number of hydrogen-bond acceptors (Lipinski definition) is 4. The summed E-state index contributed by atoms with van der Waals surface area (Å²) in [5, 5.41) is 8.71. The van der Waals surface area contributed by atoms with Crippen molar-refractivity contribution in [3.05, 3.63) is 42.4 Å². The Hall–Kier alpha value is -2.28. The summed E-state index contributed by atoms with van der Waals surface area (Å²) in [6.07, 6.45) is 4.21. The molecule has 0 fully saturated rings. The summed E-state index contributed by atoms with van der Waals surface area (Å²) in [5.74, 6) is -0.254. The number of hydrogen-bond donors (Lipinski definition) is 0. The van der Waals surface area contributed by atoms with Gasteiger partial charge in [0, 0.05) is 6.08 Å². The molecule has 0 radical (unpaired) electrons. The predicted molar refractivity (Wildman–Crippen MR) is 53.5 cm³/mol. The van der Waals surface area contributed by atoms with Crippen molar-refractivity contribution < 1.29 is 13.9 Å². The van der Waals surface area contributed by atoms with E-state index in [0.29, 0.717) is 5.76 Å². The van der Waals surface area contributed by atoms with Crippen LogP contribution in [0.3, 0.4) is 0 Å². The van der Waals surface area contributed by atoms with E-state index in [1.807, 2.05) is 0 Å². The molecule has 15 heavy (non-hydrogen) atoms. The van der Waals surface area contributed by atoms with Crippen molar-refractivity contribution in [1.29, 1.82) is 5.26 Å². The van der Waals surface area contributed by atoms with Gasteiger partial charge >= 0.3 is 5.97 Å². The molecule has 0 saturated carbocycles. The van der Waals surface area contributed by atoms with Gasteiger partial charge in [-0.1, -0.05) is 12.7 Å². The Morgan fingerprint density at radius 1 is 1.73 bits per heavy atom. The van der Waals surface area contributed by atoms with Crippen molar-refractivity contribution in [1.82, 2.24) is 0 Å². The molecule has 1 aromatic rings. The number of nitriles is 1. The van der Waals surface area contributed by atoms with Gasteiger partial charge in [-0.2, -0.15) is 5.26 Å². The molecule has 0 aromatic carbocycles. The number of carbonyl (C=O) groups is 1. The Balaban J connectivity index is 2.76. The molecule has 0 N–H and O–H groups in total. The van der Waals surface area contributed by atoms with Crippen LogP contribution >= 0.6 is 0 Å². The monoisotopic (exact) mass is 203 g/mol. The highest BCUT2D eigenvalue weighted by molar-refractivity contribution is 5.97. The Morgan fingerprint density at radius 2 is 2.53 bits per heavy atom. The molecule has 1 rings (SSSR count). The minimum atomic E-state index is -0.686. The molecule has 4 nitrogen and oxygen atoms in total. The van der Waals surface area contributed by atoms with E-state index in [1.54, 1.807) is 18.2 Å². The van der Waals surface area contributed by atoms with Crippen molar-refractivity contribution in [2.75, 3.05) is 6.61 Å². The first-order valence-corrected chi connectivity index (χ1v) is 4.21. The molecule has 0 spiro atoms. The third-order valence-electron chi connectivity index (χ3n) is 1.50. The van der Waals surface area contributed by atoms with Gasteiger partial charge in [-0.15, -0.1) is 0 Å². The van der Waals surface area contributed by atoms with E-state index in [-0.39, 0.29) is 12.2 Å². The molecular formula is C11H9NO3. The van der Waals surface area contributed by atoms with Crippen LogP contribution in [0.15, 0.2) is 41.0 Å².